The van der Waals surface area contributed by atoms with E-state index in [1.54, 1.807) is 18.2 Å². The molecule has 1 atom stereocenters. The van der Waals surface area contributed by atoms with Crippen molar-refractivity contribution in [1.29, 1.82) is 0 Å². The van der Waals surface area contributed by atoms with Crippen molar-refractivity contribution in [2.75, 3.05) is 13.7 Å². The Labute approximate surface area is 122 Å². The van der Waals surface area contributed by atoms with Crippen LogP contribution >= 0.6 is 0 Å². The second-order valence-corrected chi connectivity index (χ2v) is 4.36. The van der Waals surface area contributed by atoms with E-state index in [-0.39, 0.29) is 12.1 Å². The SMILES string of the molecule is COC(=O)C(C)NC(=O)NCCc1ccccc1C(=O)O. The van der Waals surface area contributed by atoms with Crippen LogP contribution in [0.5, 0.6) is 0 Å². The number of carboxylic acid groups (broad SMARTS) is 1. The molecular weight excluding hydrogens is 276 g/mol. The van der Waals surface area contributed by atoms with Crippen molar-refractivity contribution in [3.63, 3.8) is 0 Å². The predicted molar refractivity (Wildman–Crippen MR) is 75.1 cm³/mol. The Balaban J connectivity index is 2.45. The molecule has 0 saturated carbocycles. The predicted octanol–water partition coefficient (Wildman–Crippen LogP) is 0.788. The number of benzene rings is 1. The molecule has 0 aromatic heterocycles. The third-order valence-electron chi connectivity index (χ3n) is 2.83. The molecular formula is C14H18N2O5. The molecule has 21 heavy (non-hydrogen) atoms. The maximum atomic E-state index is 11.5. The van der Waals surface area contributed by atoms with Crippen molar-refractivity contribution in [1.82, 2.24) is 10.6 Å². The highest BCUT2D eigenvalue weighted by Crippen LogP contribution is 2.08. The number of esters is 1. The first-order valence-electron chi connectivity index (χ1n) is 6.39. The average molecular weight is 294 g/mol. The normalized spacial score (nSPS) is 11.3. The van der Waals surface area contributed by atoms with Gasteiger partial charge in [0.15, 0.2) is 0 Å². The number of methoxy groups -OCH3 is 1. The number of carbonyl (C=O) groups excluding carboxylic acids is 2. The molecule has 0 fully saturated rings. The molecule has 7 heteroatoms. The highest BCUT2D eigenvalue weighted by molar-refractivity contribution is 5.89. The van der Waals surface area contributed by atoms with Crippen LogP contribution < -0.4 is 10.6 Å². The Morgan fingerprint density at radius 2 is 1.95 bits per heavy atom. The summed E-state index contributed by atoms with van der Waals surface area (Å²) >= 11 is 0. The van der Waals surface area contributed by atoms with E-state index in [1.165, 1.54) is 20.1 Å². The standard InChI is InChI=1S/C14H18N2O5/c1-9(13(19)21-2)16-14(20)15-8-7-10-5-3-4-6-11(10)12(17)18/h3-6,9H,7-8H2,1-2H3,(H,17,18)(H2,15,16,20). The van der Waals surface area contributed by atoms with Crippen LogP contribution in [0.25, 0.3) is 0 Å². The number of hydrogen-bond donors (Lipinski definition) is 3. The van der Waals surface area contributed by atoms with E-state index >= 15 is 0 Å². The lowest BCUT2D eigenvalue weighted by molar-refractivity contribution is -0.142. The molecule has 0 aliphatic rings. The van der Waals surface area contributed by atoms with Gasteiger partial charge in [-0.3, -0.25) is 0 Å². The van der Waals surface area contributed by atoms with Gasteiger partial charge in [-0.05, 0) is 25.0 Å². The van der Waals surface area contributed by atoms with Crippen molar-refractivity contribution in [3.8, 4) is 0 Å². The molecule has 0 bridgehead atoms. The number of carboxylic acids is 1. The first-order chi connectivity index (χ1) is 9.95. The summed E-state index contributed by atoms with van der Waals surface area (Å²) in [6, 6.07) is 5.32. The lowest BCUT2D eigenvalue weighted by Crippen LogP contribution is -2.45. The fourth-order valence-electron chi connectivity index (χ4n) is 1.74. The number of aromatic carboxylic acids is 1. The molecule has 7 nitrogen and oxygen atoms in total. The molecule has 3 N–H and O–H groups in total. The quantitative estimate of drug-likeness (QED) is 0.673. The number of nitrogens with one attached hydrogen (secondary N) is 2. The van der Waals surface area contributed by atoms with E-state index in [0.717, 1.165) is 0 Å². The molecule has 2 amide bonds. The van der Waals surface area contributed by atoms with E-state index in [1.807, 2.05) is 0 Å². The minimum atomic E-state index is -1.01. The van der Waals surface area contributed by atoms with Crippen molar-refractivity contribution < 1.29 is 24.2 Å². The van der Waals surface area contributed by atoms with Crippen LogP contribution in [0.3, 0.4) is 0 Å². The summed E-state index contributed by atoms with van der Waals surface area (Å²) in [6.45, 7) is 1.76. The van der Waals surface area contributed by atoms with Crippen LogP contribution in [-0.4, -0.2) is 42.8 Å². The summed E-state index contributed by atoms with van der Waals surface area (Å²) < 4.78 is 4.48. The van der Waals surface area contributed by atoms with Crippen molar-refractivity contribution in [2.24, 2.45) is 0 Å². The fraction of sp³-hybridized carbons (Fsp3) is 0.357. The Bertz CT molecular complexity index is 530. The molecule has 1 rings (SSSR count). The van der Waals surface area contributed by atoms with Gasteiger partial charge in [-0.1, -0.05) is 18.2 Å². The van der Waals surface area contributed by atoms with Gasteiger partial charge in [-0.2, -0.15) is 0 Å². The molecule has 0 radical (unpaired) electrons. The first kappa shape index (κ1) is 16.5. The third-order valence-corrected chi connectivity index (χ3v) is 2.83. The summed E-state index contributed by atoms with van der Waals surface area (Å²) in [4.78, 5) is 33.7. The van der Waals surface area contributed by atoms with Crippen LogP contribution in [-0.2, 0) is 16.0 Å². The number of rotatable bonds is 6. The second-order valence-electron chi connectivity index (χ2n) is 4.36. The Morgan fingerprint density at radius 1 is 1.29 bits per heavy atom. The van der Waals surface area contributed by atoms with Gasteiger partial charge in [0.2, 0.25) is 0 Å². The smallest absolute Gasteiger partial charge is 0.335 e. The topological polar surface area (TPSA) is 105 Å². The van der Waals surface area contributed by atoms with Gasteiger partial charge in [-0.25, -0.2) is 14.4 Å². The van der Waals surface area contributed by atoms with Crippen LogP contribution in [0.15, 0.2) is 24.3 Å². The maximum absolute atomic E-state index is 11.5. The van der Waals surface area contributed by atoms with E-state index in [4.69, 9.17) is 5.11 Å². The van der Waals surface area contributed by atoms with E-state index in [2.05, 4.69) is 15.4 Å². The summed E-state index contributed by atoms with van der Waals surface area (Å²) in [5, 5.41) is 14.0. The van der Waals surface area contributed by atoms with Crippen LogP contribution in [0, 0.1) is 0 Å². The summed E-state index contributed by atoms with van der Waals surface area (Å²) in [5.74, 6) is -1.55. The molecule has 1 unspecified atom stereocenters. The number of amides is 2. The highest BCUT2D eigenvalue weighted by atomic mass is 16.5. The maximum Gasteiger partial charge on any atom is 0.335 e. The van der Waals surface area contributed by atoms with Crippen molar-refractivity contribution >= 4 is 18.0 Å². The number of ether oxygens (including phenoxy) is 1. The van der Waals surface area contributed by atoms with Gasteiger partial charge in [-0.15, -0.1) is 0 Å². The summed E-state index contributed by atoms with van der Waals surface area (Å²) in [7, 11) is 1.24. The second kappa shape index (κ2) is 7.88. The van der Waals surface area contributed by atoms with Gasteiger partial charge in [0.25, 0.3) is 0 Å². The van der Waals surface area contributed by atoms with Crippen molar-refractivity contribution in [2.45, 2.75) is 19.4 Å². The number of urea groups is 1. The largest absolute Gasteiger partial charge is 0.478 e. The van der Waals surface area contributed by atoms with Gasteiger partial charge in [0.1, 0.15) is 6.04 Å². The van der Waals surface area contributed by atoms with Crippen LogP contribution in [0.2, 0.25) is 0 Å². The highest BCUT2D eigenvalue weighted by Gasteiger charge is 2.15. The monoisotopic (exact) mass is 294 g/mol. The summed E-state index contributed by atoms with van der Waals surface area (Å²) in [6.07, 6.45) is 0.377. The zero-order valence-corrected chi connectivity index (χ0v) is 11.9. The minimum Gasteiger partial charge on any atom is -0.478 e. The molecule has 0 saturated heterocycles. The zero-order valence-electron chi connectivity index (χ0n) is 11.9. The molecule has 1 aromatic carbocycles. The van der Waals surface area contributed by atoms with Gasteiger partial charge < -0.3 is 20.5 Å². The molecule has 0 aliphatic carbocycles. The van der Waals surface area contributed by atoms with Gasteiger partial charge in [0, 0.05) is 6.54 Å². The Morgan fingerprint density at radius 3 is 2.57 bits per heavy atom. The van der Waals surface area contributed by atoms with E-state index in [0.29, 0.717) is 12.0 Å². The van der Waals surface area contributed by atoms with Gasteiger partial charge in [0.05, 0.1) is 12.7 Å². The van der Waals surface area contributed by atoms with E-state index in [9.17, 15) is 14.4 Å². The molecule has 0 spiro atoms. The fourth-order valence-corrected chi connectivity index (χ4v) is 1.74. The third kappa shape index (κ3) is 5.13. The molecule has 114 valence electrons. The summed E-state index contributed by atoms with van der Waals surface area (Å²) in [5.41, 5.74) is 0.842. The lowest BCUT2D eigenvalue weighted by Gasteiger charge is -2.12. The van der Waals surface area contributed by atoms with Crippen molar-refractivity contribution in [3.05, 3.63) is 35.4 Å². The van der Waals surface area contributed by atoms with Crippen LogP contribution in [0.4, 0.5) is 4.79 Å². The van der Waals surface area contributed by atoms with Gasteiger partial charge >= 0.3 is 18.0 Å². The Hall–Kier alpha value is -2.57. The number of hydrogen-bond acceptors (Lipinski definition) is 4. The first-order valence-corrected chi connectivity index (χ1v) is 6.39. The minimum absolute atomic E-state index is 0.211. The lowest BCUT2D eigenvalue weighted by atomic mass is 10.0. The van der Waals surface area contributed by atoms with E-state index < -0.39 is 24.0 Å². The molecule has 0 heterocycles. The van der Waals surface area contributed by atoms with Crippen LogP contribution in [0.1, 0.15) is 22.8 Å². The zero-order chi connectivity index (χ0) is 15.8. The Kier molecular flexibility index (Phi) is 6.19. The number of carbonyl (C=O) groups is 3. The molecule has 0 aliphatic heterocycles. The average Bonchev–Trinajstić information content (AvgIpc) is 2.46. The molecule has 1 aromatic rings.